The van der Waals surface area contributed by atoms with Gasteiger partial charge in [0.2, 0.25) is 10.0 Å². The van der Waals surface area contributed by atoms with E-state index in [-0.39, 0.29) is 30.0 Å². The predicted molar refractivity (Wildman–Crippen MR) is 133 cm³/mol. The zero-order chi connectivity index (χ0) is 24.9. The van der Waals surface area contributed by atoms with Crippen LogP contribution in [0.25, 0.3) is 5.57 Å². The van der Waals surface area contributed by atoms with E-state index < -0.39 is 22.2 Å². The minimum Gasteiger partial charge on any atom is -0.487 e. The molecule has 190 valence electrons. The average Bonchev–Trinajstić information content (AvgIpc) is 2.84. The third-order valence-electron chi connectivity index (χ3n) is 6.66. The molecule has 0 bridgehead atoms. The number of likely N-dealkylation sites (N-methyl/N-ethyl adjacent to an activating group) is 1. The van der Waals surface area contributed by atoms with Gasteiger partial charge in [-0.3, -0.25) is 0 Å². The van der Waals surface area contributed by atoms with Crippen molar-refractivity contribution in [3.63, 3.8) is 0 Å². The molecule has 0 aromatic heterocycles. The van der Waals surface area contributed by atoms with Crippen molar-refractivity contribution in [3.05, 3.63) is 29.8 Å². The molecule has 34 heavy (non-hydrogen) atoms. The van der Waals surface area contributed by atoms with Crippen LogP contribution in [0.15, 0.2) is 29.2 Å². The van der Waals surface area contributed by atoms with Gasteiger partial charge in [-0.2, -0.15) is 4.31 Å². The molecule has 2 aliphatic rings. The van der Waals surface area contributed by atoms with E-state index in [0.717, 1.165) is 31.2 Å². The Morgan fingerprint density at radius 1 is 1.35 bits per heavy atom. The third-order valence-corrected chi connectivity index (χ3v) is 8.68. The quantitative estimate of drug-likeness (QED) is 0.606. The van der Waals surface area contributed by atoms with Crippen LogP contribution in [-0.4, -0.2) is 74.2 Å². The molecular weight excluding hydrogens is 454 g/mol. The number of hydrogen-bond acceptors (Lipinski definition) is 5. The average molecular weight is 494 g/mol. The van der Waals surface area contributed by atoms with Gasteiger partial charge in [-0.15, -0.1) is 0 Å². The Morgan fingerprint density at radius 2 is 2.12 bits per heavy atom. The van der Waals surface area contributed by atoms with Gasteiger partial charge >= 0.3 is 6.03 Å². The molecule has 0 radical (unpaired) electrons. The molecule has 0 unspecified atom stereocenters. The first-order valence-corrected chi connectivity index (χ1v) is 13.7. The predicted octanol–water partition coefficient (Wildman–Crippen LogP) is 3.46. The fourth-order valence-corrected chi connectivity index (χ4v) is 6.29. The first-order chi connectivity index (χ1) is 16.2. The van der Waals surface area contributed by atoms with Crippen molar-refractivity contribution in [2.24, 2.45) is 5.92 Å². The maximum absolute atomic E-state index is 13.6. The molecule has 2 amide bonds. The van der Waals surface area contributed by atoms with Gasteiger partial charge in [0, 0.05) is 32.1 Å². The molecule has 1 aliphatic carbocycles. The molecule has 2 N–H and O–H groups in total. The molecule has 8 nitrogen and oxygen atoms in total. The van der Waals surface area contributed by atoms with Gasteiger partial charge in [-0.05, 0) is 62.3 Å². The van der Waals surface area contributed by atoms with Crippen molar-refractivity contribution in [1.82, 2.24) is 14.5 Å². The van der Waals surface area contributed by atoms with Gasteiger partial charge in [-0.25, -0.2) is 13.2 Å². The fraction of sp³-hybridized carbons (Fsp3) is 0.640. The zero-order valence-corrected chi connectivity index (χ0v) is 21.6. The fourth-order valence-electron chi connectivity index (χ4n) is 4.46. The summed E-state index contributed by atoms with van der Waals surface area (Å²) in [5.41, 5.74) is 2.18. The smallest absolute Gasteiger partial charge is 0.317 e. The Balaban J connectivity index is 2.01. The van der Waals surface area contributed by atoms with Gasteiger partial charge in [0.05, 0.1) is 13.2 Å². The number of ether oxygens (including phenoxy) is 1. The summed E-state index contributed by atoms with van der Waals surface area (Å²) in [6.45, 7) is 6.42. The molecule has 0 saturated heterocycles. The van der Waals surface area contributed by atoms with E-state index in [1.54, 1.807) is 24.9 Å². The topological polar surface area (TPSA) is 99.2 Å². The lowest BCUT2D eigenvalue weighted by atomic mass is 9.93. The summed E-state index contributed by atoms with van der Waals surface area (Å²) >= 11 is 0. The third kappa shape index (κ3) is 5.93. The minimum atomic E-state index is -3.88. The number of urea groups is 1. The first-order valence-electron chi connectivity index (χ1n) is 12.3. The normalized spacial score (nSPS) is 23.5. The number of carbonyl (C=O) groups is 1. The lowest BCUT2D eigenvalue weighted by Gasteiger charge is -2.37. The highest BCUT2D eigenvalue weighted by atomic mass is 32.2. The van der Waals surface area contributed by atoms with Gasteiger partial charge in [0.1, 0.15) is 16.7 Å². The van der Waals surface area contributed by atoms with Crippen LogP contribution in [0.1, 0.15) is 58.4 Å². The number of nitrogens with zero attached hydrogens (tertiary/aromatic N) is 2. The summed E-state index contributed by atoms with van der Waals surface area (Å²) in [5, 5.41) is 12.7. The van der Waals surface area contributed by atoms with Crippen molar-refractivity contribution < 1.29 is 23.1 Å². The number of aliphatic hydroxyl groups excluding tert-OH is 1. The van der Waals surface area contributed by atoms with Crippen LogP contribution in [0, 0.1) is 5.92 Å². The maximum atomic E-state index is 13.6. The second-order valence-corrected chi connectivity index (χ2v) is 11.3. The largest absolute Gasteiger partial charge is 0.487 e. The van der Waals surface area contributed by atoms with E-state index in [4.69, 9.17) is 4.74 Å². The zero-order valence-electron chi connectivity index (χ0n) is 20.8. The summed E-state index contributed by atoms with van der Waals surface area (Å²) in [6, 6.07) is 4.54. The summed E-state index contributed by atoms with van der Waals surface area (Å²) in [5.74, 6) is 0.0916. The highest BCUT2D eigenvalue weighted by Gasteiger charge is 2.38. The van der Waals surface area contributed by atoms with Crippen LogP contribution in [-0.2, 0) is 10.0 Å². The van der Waals surface area contributed by atoms with Gasteiger partial charge in [0.25, 0.3) is 0 Å². The molecule has 9 heteroatoms. The SMILES string of the molecule is CCCNC(=O)N(C)C[C@H]1Oc2cc(C3=CCCCC3)ccc2S(=O)(=O)N([C@H](C)CO)C[C@H]1C. The number of carbonyl (C=O) groups excluding carboxylic acids is 1. The Bertz CT molecular complexity index is 994. The highest BCUT2D eigenvalue weighted by molar-refractivity contribution is 7.89. The van der Waals surface area contributed by atoms with Crippen LogP contribution in [0.5, 0.6) is 5.75 Å². The van der Waals surface area contributed by atoms with E-state index in [1.807, 2.05) is 26.0 Å². The minimum absolute atomic E-state index is 0.1000. The van der Waals surface area contributed by atoms with E-state index in [1.165, 1.54) is 16.3 Å². The number of allylic oxidation sites excluding steroid dienone is 2. The lowest BCUT2D eigenvalue weighted by molar-refractivity contribution is 0.0812. The van der Waals surface area contributed by atoms with Crippen molar-refractivity contribution >= 4 is 21.6 Å². The number of fused-ring (bicyclic) bond motifs is 1. The summed E-state index contributed by atoms with van der Waals surface area (Å²) in [6.07, 6.45) is 6.89. The highest BCUT2D eigenvalue weighted by Crippen LogP contribution is 2.37. The van der Waals surface area contributed by atoms with Crippen molar-refractivity contribution in [3.8, 4) is 5.75 Å². The molecule has 1 aromatic carbocycles. The summed E-state index contributed by atoms with van der Waals surface area (Å²) in [7, 11) is -2.16. The number of benzene rings is 1. The number of rotatable bonds is 7. The number of aliphatic hydroxyl groups is 1. The number of hydrogen-bond donors (Lipinski definition) is 2. The number of nitrogens with one attached hydrogen (secondary N) is 1. The molecule has 1 heterocycles. The first kappa shape index (κ1) is 26.5. The van der Waals surface area contributed by atoms with Crippen molar-refractivity contribution in [1.29, 1.82) is 0 Å². The van der Waals surface area contributed by atoms with Crippen LogP contribution < -0.4 is 10.1 Å². The second kappa shape index (κ2) is 11.6. The van der Waals surface area contributed by atoms with E-state index in [2.05, 4.69) is 11.4 Å². The van der Waals surface area contributed by atoms with E-state index >= 15 is 0 Å². The number of sulfonamides is 1. The van der Waals surface area contributed by atoms with Gasteiger partial charge in [-0.1, -0.05) is 26.0 Å². The Morgan fingerprint density at radius 3 is 2.76 bits per heavy atom. The monoisotopic (exact) mass is 493 g/mol. The molecule has 3 atom stereocenters. The lowest BCUT2D eigenvalue weighted by Crippen LogP contribution is -2.51. The molecule has 0 saturated carbocycles. The van der Waals surface area contributed by atoms with Gasteiger partial charge in [0.15, 0.2) is 0 Å². The van der Waals surface area contributed by atoms with Crippen LogP contribution >= 0.6 is 0 Å². The van der Waals surface area contributed by atoms with Crippen LogP contribution in [0.4, 0.5) is 4.79 Å². The Kier molecular flexibility index (Phi) is 9.01. The maximum Gasteiger partial charge on any atom is 0.317 e. The van der Waals surface area contributed by atoms with E-state index in [0.29, 0.717) is 18.8 Å². The summed E-state index contributed by atoms with van der Waals surface area (Å²) < 4.78 is 35.0. The van der Waals surface area contributed by atoms with Crippen LogP contribution in [0.3, 0.4) is 0 Å². The van der Waals surface area contributed by atoms with Gasteiger partial charge < -0.3 is 20.1 Å². The Labute approximate surface area is 204 Å². The van der Waals surface area contributed by atoms with E-state index in [9.17, 15) is 18.3 Å². The Hall–Kier alpha value is -2.10. The van der Waals surface area contributed by atoms with Crippen molar-refractivity contribution in [2.45, 2.75) is 69.9 Å². The molecule has 0 fully saturated rings. The molecule has 1 aromatic rings. The number of amides is 2. The molecule has 1 aliphatic heterocycles. The second-order valence-electron chi connectivity index (χ2n) is 9.49. The summed E-state index contributed by atoms with van der Waals surface area (Å²) in [4.78, 5) is 14.2. The standard InChI is InChI=1S/C25H39N3O5S/c1-5-13-26-25(30)27(4)16-23-18(2)15-28(19(3)17-29)34(31,32)24-12-11-21(14-22(24)33-23)20-9-7-6-8-10-20/h9,11-12,14,18-19,23,29H,5-8,10,13,15-17H2,1-4H3,(H,26,30)/t18-,19-,23-/m1/s1. The van der Waals surface area contributed by atoms with Crippen LogP contribution in [0.2, 0.25) is 0 Å². The van der Waals surface area contributed by atoms with Crippen molar-refractivity contribution in [2.75, 3.05) is 33.3 Å². The molecule has 3 rings (SSSR count). The molecular formula is C25H39N3O5S. The molecule has 0 spiro atoms.